The minimum Gasteiger partial charge on any atom is -0.399 e. The molecule has 1 aromatic carbocycles. The molecule has 0 bridgehead atoms. The lowest BCUT2D eigenvalue weighted by Gasteiger charge is -2.21. The molecule has 0 fully saturated rings. The predicted octanol–water partition coefficient (Wildman–Crippen LogP) is 1.94. The molecule has 84 valence electrons. The van der Waals surface area contributed by atoms with Gasteiger partial charge in [0.2, 0.25) is 0 Å². The lowest BCUT2D eigenvalue weighted by Crippen LogP contribution is -2.23. The van der Waals surface area contributed by atoms with Gasteiger partial charge in [0.15, 0.2) is 6.29 Å². The Morgan fingerprint density at radius 3 is 2.88 bits per heavy atom. The summed E-state index contributed by atoms with van der Waals surface area (Å²) in [6, 6.07) is 7.64. The zero-order valence-electron chi connectivity index (χ0n) is 9.27. The van der Waals surface area contributed by atoms with Crippen molar-refractivity contribution in [3.63, 3.8) is 0 Å². The molecule has 2 aromatic rings. The molecular formula is C12H14N2O2. The molecule has 16 heavy (non-hydrogen) atoms. The van der Waals surface area contributed by atoms with Gasteiger partial charge in [0.1, 0.15) is 5.72 Å². The summed E-state index contributed by atoms with van der Waals surface area (Å²) in [5, 5.41) is 10.8. The first-order valence-corrected chi connectivity index (χ1v) is 5.26. The number of aliphatic hydroxyl groups is 1. The average molecular weight is 218 g/mol. The number of rotatable bonds is 0. The highest BCUT2D eigenvalue weighted by Crippen LogP contribution is 2.40. The SMILES string of the molecule is CC1(C)OC(O)c2cc3cc(N)ccc3n21. The van der Waals surface area contributed by atoms with Gasteiger partial charge in [0.25, 0.3) is 0 Å². The maximum Gasteiger partial charge on any atom is 0.199 e. The van der Waals surface area contributed by atoms with E-state index in [0.29, 0.717) is 0 Å². The van der Waals surface area contributed by atoms with Gasteiger partial charge in [-0.3, -0.25) is 0 Å². The van der Waals surface area contributed by atoms with Crippen LogP contribution in [-0.2, 0) is 10.5 Å². The predicted molar refractivity (Wildman–Crippen MR) is 61.7 cm³/mol. The quantitative estimate of drug-likeness (QED) is 0.664. The second-order valence-electron chi connectivity index (χ2n) is 4.64. The second kappa shape index (κ2) is 2.78. The molecule has 3 N–H and O–H groups in total. The lowest BCUT2D eigenvalue weighted by molar-refractivity contribution is -0.173. The highest BCUT2D eigenvalue weighted by atomic mass is 16.6. The van der Waals surface area contributed by atoms with Crippen LogP contribution >= 0.6 is 0 Å². The Hall–Kier alpha value is -1.52. The minimum absolute atomic E-state index is 0.521. The summed E-state index contributed by atoms with van der Waals surface area (Å²) < 4.78 is 7.49. The van der Waals surface area contributed by atoms with Gasteiger partial charge in [0, 0.05) is 11.1 Å². The van der Waals surface area contributed by atoms with Gasteiger partial charge in [-0.25, -0.2) is 0 Å². The number of ether oxygens (including phenoxy) is 1. The second-order valence-corrected chi connectivity index (χ2v) is 4.64. The van der Waals surface area contributed by atoms with Gasteiger partial charge >= 0.3 is 0 Å². The molecule has 0 aliphatic carbocycles. The van der Waals surface area contributed by atoms with Gasteiger partial charge in [-0.1, -0.05) is 0 Å². The average Bonchev–Trinajstić information content (AvgIpc) is 2.64. The van der Waals surface area contributed by atoms with Crippen molar-refractivity contribution in [3.8, 4) is 0 Å². The smallest absolute Gasteiger partial charge is 0.199 e. The number of benzene rings is 1. The number of nitrogens with zero attached hydrogens (tertiary/aromatic N) is 1. The van der Waals surface area contributed by atoms with E-state index in [1.54, 1.807) is 0 Å². The van der Waals surface area contributed by atoms with Gasteiger partial charge in [-0.05, 0) is 38.1 Å². The Balaban J connectivity index is 2.37. The van der Waals surface area contributed by atoms with Crippen LogP contribution in [0, 0.1) is 0 Å². The molecule has 2 heterocycles. The third kappa shape index (κ3) is 1.11. The van der Waals surface area contributed by atoms with E-state index in [-0.39, 0.29) is 0 Å². The van der Waals surface area contributed by atoms with Gasteiger partial charge in [-0.15, -0.1) is 0 Å². The first kappa shape index (κ1) is 9.69. The molecule has 4 heteroatoms. The summed E-state index contributed by atoms with van der Waals surface area (Å²) in [7, 11) is 0. The van der Waals surface area contributed by atoms with Crippen LogP contribution in [0.3, 0.4) is 0 Å². The van der Waals surface area contributed by atoms with Gasteiger partial charge in [-0.2, -0.15) is 0 Å². The Morgan fingerprint density at radius 1 is 1.38 bits per heavy atom. The molecule has 0 spiro atoms. The molecule has 0 saturated carbocycles. The van der Waals surface area contributed by atoms with Crippen molar-refractivity contribution in [1.82, 2.24) is 4.57 Å². The Bertz CT molecular complexity index is 572. The summed E-state index contributed by atoms with van der Waals surface area (Å²) in [6.07, 6.45) is -0.858. The summed E-state index contributed by atoms with van der Waals surface area (Å²) in [5.74, 6) is 0. The number of anilines is 1. The van der Waals surface area contributed by atoms with E-state index < -0.39 is 12.0 Å². The van der Waals surface area contributed by atoms with Crippen LogP contribution in [0.4, 0.5) is 5.69 Å². The van der Waals surface area contributed by atoms with Crippen molar-refractivity contribution in [2.75, 3.05) is 5.73 Å². The fraction of sp³-hybridized carbons (Fsp3) is 0.333. The minimum atomic E-state index is -0.858. The molecule has 3 rings (SSSR count). The van der Waals surface area contributed by atoms with Crippen LogP contribution < -0.4 is 5.73 Å². The largest absolute Gasteiger partial charge is 0.399 e. The van der Waals surface area contributed by atoms with E-state index in [1.165, 1.54) is 0 Å². The zero-order chi connectivity index (χ0) is 11.5. The van der Waals surface area contributed by atoms with E-state index in [4.69, 9.17) is 10.5 Å². The van der Waals surface area contributed by atoms with Crippen LogP contribution in [0.15, 0.2) is 24.3 Å². The van der Waals surface area contributed by atoms with Crippen molar-refractivity contribution >= 4 is 16.6 Å². The van der Waals surface area contributed by atoms with Crippen LogP contribution in [0.25, 0.3) is 10.9 Å². The molecular weight excluding hydrogens is 204 g/mol. The Morgan fingerprint density at radius 2 is 2.12 bits per heavy atom. The van der Waals surface area contributed by atoms with Crippen LogP contribution in [0.2, 0.25) is 0 Å². The van der Waals surface area contributed by atoms with E-state index in [2.05, 4.69) is 0 Å². The van der Waals surface area contributed by atoms with Crippen LogP contribution in [0.5, 0.6) is 0 Å². The van der Waals surface area contributed by atoms with Crippen molar-refractivity contribution in [1.29, 1.82) is 0 Å². The number of hydrogen-bond acceptors (Lipinski definition) is 3. The first-order chi connectivity index (χ1) is 7.49. The van der Waals surface area contributed by atoms with Crippen LogP contribution in [-0.4, -0.2) is 9.67 Å². The highest BCUT2D eigenvalue weighted by Gasteiger charge is 2.37. The number of aliphatic hydroxyl groups excluding tert-OH is 1. The van der Waals surface area contributed by atoms with Crippen molar-refractivity contribution in [2.24, 2.45) is 0 Å². The molecule has 1 unspecified atom stereocenters. The zero-order valence-corrected chi connectivity index (χ0v) is 9.27. The topological polar surface area (TPSA) is 60.4 Å². The summed E-state index contributed by atoms with van der Waals surface area (Å²) in [4.78, 5) is 0. The fourth-order valence-electron chi connectivity index (χ4n) is 2.42. The monoisotopic (exact) mass is 218 g/mol. The molecule has 1 atom stereocenters. The molecule has 0 radical (unpaired) electrons. The van der Waals surface area contributed by atoms with E-state index in [9.17, 15) is 5.11 Å². The fourth-order valence-corrected chi connectivity index (χ4v) is 2.42. The molecule has 4 nitrogen and oxygen atoms in total. The Labute approximate surface area is 93.2 Å². The van der Waals surface area contributed by atoms with E-state index in [1.807, 2.05) is 42.7 Å². The van der Waals surface area contributed by atoms with Crippen molar-refractivity contribution in [3.05, 3.63) is 30.0 Å². The van der Waals surface area contributed by atoms with Crippen molar-refractivity contribution in [2.45, 2.75) is 25.9 Å². The molecule has 1 aromatic heterocycles. The van der Waals surface area contributed by atoms with Gasteiger partial charge < -0.3 is 20.1 Å². The summed E-state index contributed by atoms with van der Waals surface area (Å²) >= 11 is 0. The standard InChI is InChI=1S/C12H14N2O2/c1-12(2)14-9-4-3-8(13)5-7(9)6-10(14)11(15)16-12/h3-6,11,15H,13H2,1-2H3. The molecule has 1 aliphatic rings. The number of fused-ring (bicyclic) bond motifs is 3. The maximum absolute atomic E-state index is 9.81. The number of nitrogens with two attached hydrogens (primary N) is 1. The Kier molecular flexibility index (Phi) is 1.68. The number of aromatic nitrogens is 1. The molecule has 0 saturated heterocycles. The number of hydrogen-bond donors (Lipinski definition) is 2. The van der Waals surface area contributed by atoms with Crippen molar-refractivity contribution < 1.29 is 9.84 Å². The summed E-state index contributed by atoms with van der Waals surface area (Å²) in [5.41, 5.74) is 7.76. The first-order valence-electron chi connectivity index (χ1n) is 5.26. The molecule has 1 aliphatic heterocycles. The summed E-state index contributed by atoms with van der Waals surface area (Å²) in [6.45, 7) is 3.87. The lowest BCUT2D eigenvalue weighted by atomic mass is 10.2. The third-order valence-electron chi connectivity index (χ3n) is 3.05. The maximum atomic E-state index is 9.81. The third-order valence-corrected chi connectivity index (χ3v) is 3.05. The van der Waals surface area contributed by atoms with E-state index >= 15 is 0 Å². The van der Waals surface area contributed by atoms with Gasteiger partial charge in [0.05, 0.1) is 11.2 Å². The number of nitrogen functional groups attached to an aromatic ring is 1. The molecule has 0 amide bonds. The van der Waals surface area contributed by atoms with E-state index in [0.717, 1.165) is 22.3 Å². The van der Waals surface area contributed by atoms with Crippen LogP contribution in [0.1, 0.15) is 25.8 Å². The normalized spacial score (nSPS) is 22.6. The highest BCUT2D eigenvalue weighted by molar-refractivity contribution is 5.85.